The summed E-state index contributed by atoms with van der Waals surface area (Å²) < 4.78 is 0. The number of carbonyl (C=O) groups excluding carboxylic acids is 2. The third-order valence-electron chi connectivity index (χ3n) is 4.83. The van der Waals surface area contributed by atoms with E-state index >= 15 is 0 Å². The van der Waals surface area contributed by atoms with Gasteiger partial charge in [0.1, 0.15) is 0 Å². The minimum atomic E-state index is -0.187. The summed E-state index contributed by atoms with van der Waals surface area (Å²) in [5, 5.41) is 3.83. The van der Waals surface area contributed by atoms with Crippen LogP contribution < -0.4 is 0 Å². The number of amides is 2. The van der Waals surface area contributed by atoms with E-state index in [0.717, 1.165) is 37.8 Å². The summed E-state index contributed by atoms with van der Waals surface area (Å²) in [4.78, 5) is 28.9. The zero-order chi connectivity index (χ0) is 15.6. The average Bonchev–Trinajstić information content (AvgIpc) is 3.05. The third kappa shape index (κ3) is 2.70. The molecule has 0 saturated carbocycles. The molecule has 1 atom stereocenters. The van der Waals surface area contributed by atoms with Crippen molar-refractivity contribution in [3.8, 4) is 0 Å². The number of piperidine rings is 2. The number of hydrogen-bond acceptors (Lipinski definition) is 3. The molecule has 2 saturated heterocycles. The molecule has 5 heteroatoms. The molecule has 3 heterocycles. The molecule has 22 heavy (non-hydrogen) atoms. The lowest BCUT2D eigenvalue weighted by Crippen LogP contribution is -2.63. The van der Waals surface area contributed by atoms with Crippen LogP contribution in [0.4, 0.5) is 0 Å². The molecule has 0 aromatic carbocycles. The Morgan fingerprint density at radius 2 is 2.23 bits per heavy atom. The van der Waals surface area contributed by atoms with Gasteiger partial charge in [-0.1, -0.05) is 6.08 Å². The Morgan fingerprint density at radius 1 is 1.41 bits per heavy atom. The molecule has 1 aromatic heterocycles. The fourth-order valence-corrected chi connectivity index (χ4v) is 4.44. The predicted octanol–water partition coefficient (Wildman–Crippen LogP) is 2.92. The van der Waals surface area contributed by atoms with Crippen molar-refractivity contribution >= 4 is 23.2 Å². The topological polar surface area (TPSA) is 40.6 Å². The average molecular weight is 318 g/mol. The van der Waals surface area contributed by atoms with Gasteiger partial charge >= 0.3 is 0 Å². The summed E-state index contributed by atoms with van der Waals surface area (Å²) in [7, 11) is 0. The molecular formula is C17H22N2O2S. The first-order valence-electron chi connectivity index (χ1n) is 7.89. The predicted molar refractivity (Wildman–Crippen MR) is 87.9 cm³/mol. The van der Waals surface area contributed by atoms with Crippen LogP contribution in [0.1, 0.15) is 42.5 Å². The van der Waals surface area contributed by atoms with Gasteiger partial charge in [-0.25, -0.2) is 0 Å². The number of carbonyl (C=O) groups is 2. The lowest BCUT2D eigenvalue weighted by atomic mass is 9.79. The summed E-state index contributed by atoms with van der Waals surface area (Å²) in [6.07, 6.45) is 6.27. The number of nitrogens with zero attached hydrogens (tertiary/aromatic N) is 2. The summed E-state index contributed by atoms with van der Waals surface area (Å²) in [6.45, 7) is 5.81. The highest BCUT2D eigenvalue weighted by Crippen LogP contribution is 2.37. The lowest BCUT2D eigenvalue weighted by molar-refractivity contribution is -0.143. The molecule has 2 fully saturated rings. The fraction of sp³-hybridized carbons (Fsp3) is 0.529. The van der Waals surface area contributed by atoms with E-state index in [4.69, 9.17) is 0 Å². The maximum absolute atomic E-state index is 12.6. The largest absolute Gasteiger partial charge is 0.336 e. The normalized spacial score (nSPS) is 25.5. The van der Waals surface area contributed by atoms with Crippen molar-refractivity contribution in [3.63, 3.8) is 0 Å². The molecule has 0 radical (unpaired) electrons. The summed E-state index contributed by atoms with van der Waals surface area (Å²) in [5.74, 6) is 0.299. The Bertz CT molecular complexity index is 565. The number of thiophene rings is 1. The highest BCUT2D eigenvalue weighted by Gasteiger charge is 2.45. The van der Waals surface area contributed by atoms with Crippen LogP contribution in [-0.4, -0.2) is 46.8 Å². The Kier molecular flexibility index (Phi) is 4.34. The van der Waals surface area contributed by atoms with E-state index in [1.54, 1.807) is 17.4 Å². The Balaban J connectivity index is 1.82. The van der Waals surface area contributed by atoms with Crippen molar-refractivity contribution in [2.45, 2.75) is 37.6 Å². The molecule has 1 spiro atoms. The van der Waals surface area contributed by atoms with Crippen molar-refractivity contribution < 1.29 is 9.59 Å². The molecule has 4 nitrogen and oxygen atoms in total. The molecule has 0 N–H and O–H groups in total. The van der Waals surface area contributed by atoms with Gasteiger partial charge in [-0.3, -0.25) is 9.59 Å². The number of likely N-dealkylation sites (tertiary alicyclic amines) is 2. The smallest absolute Gasteiger partial charge is 0.254 e. The van der Waals surface area contributed by atoms with Crippen LogP contribution in [0.25, 0.3) is 0 Å². The van der Waals surface area contributed by atoms with Crippen LogP contribution in [0, 0.1) is 0 Å². The van der Waals surface area contributed by atoms with Gasteiger partial charge in [-0.15, -0.1) is 6.58 Å². The summed E-state index contributed by atoms with van der Waals surface area (Å²) in [5.41, 5.74) is 0.576. The molecular weight excluding hydrogens is 296 g/mol. The molecule has 2 aliphatic heterocycles. The van der Waals surface area contributed by atoms with Gasteiger partial charge in [0, 0.05) is 31.4 Å². The number of rotatable bonds is 3. The quantitative estimate of drug-likeness (QED) is 0.804. The molecule has 2 amide bonds. The lowest BCUT2D eigenvalue weighted by Gasteiger charge is -2.51. The van der Waals surface area contributed by atoms with E-state index in [-0.39, 0.29) is 17.4 Å². The zero-order valence-corrected chi connectivity index (χ0v) is 13.6. The van der Waals surface area contributed by atoms with E-state index < -0.39 is 0 Å². The van der Waals surface area contributed by atoms with Gasteiger partial charge in [0.15, 0.2) is 0 Å². The van der Waals surface area contributed by atoms with Crippen LogP contribution in [0.2, 0.25) is 0 Å². The maximum Gasteiger partial charge on any atom is 0.254 e. The van der Waals surface area contributed by atoms with Gasteiger partial charge in [0.05, 0.1) is 11.1 Å². The number of hydrogen-bond donors (Lipinski definition) is 0. The molecule has 3 rings (SSSR count). The van der Waals surface area contributed by atoms with Gasteiger partial charge < -0.3 is 9.80 Å². The van der Waals surface area contributed by atoms with Crippen LogP contribution in [-0.2, 0) is 4.79 Å². The first-order chi connectivity index (χ1) is 10.7. The third-order valence-corrected chi connectivity index (χ3v) is 5.51. The first-order valence-corrected chi connectivity index (χ1v) is 8.83. The zero-order valence-electron chi connectivity index (χ0n) is 12.8. The van der Waals surface area contributed by atoms with E-state index in [9.17, 15) is 9.59 Å². The van der Waals surface area contributed by atoms with E-state index in [1.807, 2.05) is 26.6 Å². The molecule has 2 aliphatic rings. The second-order valence-electron chi connectivity index (χ2n) is 6.21. The second-order valence-corrected chi connectivity index (χ2v) is 6.99. The maximum atomic E-state index is 12.6. The van der Waals surface area contributed by atoms with Crippen molar-refractivity contribution in [3.05, 3.63) is 35.0 Å². The van der Waals surface area contributed by atoms with Gasteiger partial charge in [0.25, 0.3) is 5.91 Å². The SMILES string of the molecule is C=CCN1C(=O)CCC[C@]12CCCN(C(=O)c1ccsc1)C2. The summed E-state index contributed by atoms with van der Waals surface area (Å²) in [6, 6.07) is 1.88. The fourth-order valence-electron chi connectivity index (χ4n) is 3.81. The highest BCUT2D eigenvalue weighted by molar-refractivity contribution is 7.08. The summed E-state index contributed by atoms with van der Waals surface area (Å²) >= 11 is 1.54. The Hall–Kier alpha value is -1.62. The van der Waals surface area contributed by atoms with Gasteiger partial charge in [-0.05, 0) is 37.1 Å². The molecule has 0 bridgehead atoms. The van der Waals surface area contributed by atoms with Crippen LogP contribution in [0.3, 0.4) is 0 Å². The Morgan fingerprint density at radius 3 is 2.95 bits per heavy atom. The van der Waals surface area contributed by atoms with E-state index in [0.29, 0.717) is 19.5 Å². The van der Waals surface area contributed by atoms with Gasteiger partial charge in [0.2, 0.25) is 5.91 Å². The van der Waals surface area contributed by atoms with Crippen LogP contribution in [0.5, 0.6) is 0 Å². The van der Waals surface area contributed by atoms with Crippen molar-refractivity contribution in [1.82, 2.24) is 9.80 Å². The monoisotopic (exact) mass is 318 g/mol. The molecule has 118 valence electrons. The van der Waals surface area contributed by atoms with Crippen molar-refractivity contribution in [2.75, 3.05) is 19.6 Å². The van der Waals surface area contributed by atoms with Crippen LogP contribution >= 0.6 is 11.3 Å². The van der Waals surface area contributed by atoms with Crippen molar-refractivity contribution in [2.24, 2.45) is 0 Å². The van der Waals surface area contributed by atoms with E-state index in [1.165, 1.54) is 0 Å². The second kappa shape index (κ2) is 6.24. The minimum Gasteiger partial charge on any atom is -0.336 e. The first kappa shape index (κ1) is 15.3. The Labute approximate surface area is 135 Å². The molecule has 0 aliphatic carbocycles. The highest BCUT2D eigenvalue weighted by atomic mass is 32.1. The molecule has 1 aromatic rings. The minimum absolute atomic E-state index is 0.0944. The van der Waals surface area contributed by atoms with Gasteiger partial charge in [-0.2, -0.15) is 11.3 Å². The molecule has 0 unspecified atom stereocenters. The van der Waals surface area contributed by atoms with E-state index in [2.05, 4.69) is 6.58 Å². The standard InChI is InChI=1S/C17H22N2O2S/c1-2-9-19-15(20)5-3-7-17(19)8-4-10-18(13-17)16(21)14-6-11-22-12-14/h2,6,11-12H,1,3-5,7-10,13H2/t17-/m1/s1. The van der Waals surface area contributed by atoms with Crippen LogP contribution in [0.15, 0.2) is 29.5 Å². The van der Waals surface area contributed by atoms with Crippen molar-refractivity contribution in [1.29, 1.82) is 0 Å².